The molecule has 2 heterocycles. The first-order valence-corrected chi connectivity index (χ1v) is 15.2. The standard InChI is InChI=1S/C33H49N3O6/c1-24(20-39-4)21-40-22-26-6-9-28(10-7-26)33-29(18-35-25(2)37)17-34-19-32(33)42-23-27-8-11-31-30(16-27)36(13-15-41-31)12-5-14-38-3/h6-11,16,24,29,32-34H,5,12-15,17-23H2,1-4H3,(H,35,37)/t24?,29-,32-,33-/m0/s1. The summed E-state index contributed by atoms with van der Waals surface area (Å²) in [5, 5.41) is 6.58. The number of methoxy groups -OCH3 is 2. The summed E-state index contributed by atoms with van der Waals surface area (Å²) in [5.74, 6) is 1.61. The monoisotopic (exact) mass is 583 g/mol. The number of carbonyl (C=O) groups is 1. The summed E-state index contributed by atoms with van der Waals surface area (Å²) in [5.41, 5.74) is 4.60. The maximum atomic E-state index is 11.8. The molecule has 2 N–H and O–H groups in total. The van der Waals surface area contributed by atoms with E-state index in [4.69, 9.17) is 23.7 Å². The second kappa shape index (κ2) is 16.8. The van der Waals surface area contributed by atoms with Crippen LogP contribution in [0.15, 0.2) is 42.5 Å². The largest absolute Gasteiger partial charge is 0.490 e. The highest BCUT2D eigenvalue weighted by Crippen LogP contribution is 2.35. The lowest BCUT2D eigenvalue weighted by Crippen LogP contribution is -2.50. The fourth-order valence-electron chi connectivity index (χ4n) is 5.88. The van der Waals surface area contributed by atoms with E-state index in [1.807, 2.05) is 0 Å². The normalized spacial score (nSPS) is 21.0. The molecule has 2 aromatic rings. The number of piperidine rings is 1. The summed E-state index contributed by atoms with van der Waals surface area (Å²) in [4.78, 5) is 14.2. The van der Waals surface area contributed by atoms with Gasteiger partial charge in [-0.2, -0.15) is 0 Å². The Labute approximate surface area is 251 Å². The van der Waals surface area contributed by atoms with E-state index in [0.717, 1.165) is 61.8 Å². The van der Waals surface area contributed by atoms with Crippen LogP contribution in [0.2, 0.25) is 0 Å². The average molecular weight is 584 g/mol. The minimum Gasteiger partial charge on any atom is -0.490 e. The van der Waals surface area contributed by atoms with Crippen LogP contribution in [0.4, 0.5) is 5.69 Å². The number of rotatable bonds is 16. The third kappa shape index (κ3) is 9.41. The first kappa shape index (κ1) is 32.2. The highest BCUT2D eigenvalue weighted by Gasteiger charge is 2.35. The summed E-state index contributed by atoms with van der Waals surface area (Å²) in [6, 6.07) is 15.0. The number of amides is 1. The molecule has 1 fully saturated rings. The molecule has 1 amide bonds. The van der Waals surface area contributed by atoms with Gasteiger partial charge in [0.1, 0.15) is 12.4 Å². The van der Waals surface area contributed by atoms with Gasteiger partial charge in [0.15, 0.2) is 0 Å². The van der Waals surface area contributed by atoms with E-state index in [1.54, 1.807) is 21.1 Å². The molecule has 4 rings (SSSR count). The van der Waals surface area contributed by atoms with Crippen LogP contribution < -0.4 is 20.3 Å². The second-order valence-corrected chi connectivity index (χ2v) is 11.5. The van der Waals surface area contributed by atoms with E-state index >= 15 is 0 Å². The van der Waals surface area contributed by atoms with Crippen molar-refractivity contribution in [3.63, 3.8) is 0 Å². The first-order valence-electron chi connectivity index (χ1n) is 15.2. The molecule has 0 radical (unpaired) electrons. The molecular formula is C33H49N3O6. The highest BCUT2D eigenvalue weighted by atomic mass is 16.5. The molecule has 42 heavy (non-hydrogen) atoms. The van der Waals surface area contributed by atoms with Crippen LogP contribution in [0.1, 0.15) is 42.9 Å². The number of nitrogens with one attached hydrogen (secondary N) is 2. The van der Waals surface area contributed by atoms with Gasteiger partial charge >= 0.3 is 0 Å². The van der Waals surface area contributed by atoms with Crippen molar-refractivity contribution in [2.24, 2.45) is 11.8 Å². The lowest BCUT2D eigenvalue weighted by atomic mass is 9.79. The van der Waals surface area contributed by atoms with Crippen LogP contribution in [0.5, 0.6) is 5.75 Å². The molecule has 1 unspecified atom stereocenters. The van der Waals surface area contributed by atoms with Gasteiger partial charge in [0.05, 0.1) is 44.8 Å². The van der Waals surface area contributed by atoms with Crippen molar-refractivity contribution < 1.29 is 28.5 Å². The van der Waals surface area contributed by atoms with E-state index in [2.05, 4.69) is 64.9 Å². The molecule has 2 aliphatic rings. The lowest BCUT2D eigenvalue weighted by molar-refractivity contribution is -0.119. The van der Waals surface area contributed by atoms with Gasteiger partial charge in [0, 0.05) is 65.8 Å². The molecule has 1 saturated heterocycles. The topological polar surface area (TPSA) is 90.5 Å². The number of benzene rings is 2. The van der Waals surface area contributed by atoms with Crippen LogP contribution in [-0.2, 0) is 37.0 Å². The second-order valence-electron chi connectivity index (χ2n) is 11.5. The van der Waals surface area contributed by atoms with Crippen molar-refractivity contribution in [1.82, 2.24) is 10.6 Å². The predicted molar refractivity (Wildman–Crippen MR) is 164 cm³/mol. The van der Waals surface area contributed by atoms with E-state index < -0.39 is 0 Å². The van der Waals surface area contributed by atoms with Gasteiger partial charge in [-0.1, -0.05) is 37.3 Å². The third-order valence-electron chi connectivity index (χ3n) is 7.98. The molecule has 0 aromatic heterocycles. The number of hydrogen-bond acceptors (Lipinski definition) is 8. The van der Waals surface area contributed by atoms with Crippen LogP contribution >= 0.6 is 0 Å². The predicted octanol–water partition coefficient (Wildman–Crippen LogP) is 3.75. The number of carbonyl (C=O) groups excluding carboxylic acids is 1. The minimum atomic E-state index is -0.0420. The summed E-state index contributed by atoms with van der Waals surface area (Å²) in [7, 11) is 3.46. The van der Waals surface area contributed by atoms with E-state index in [9.17, 15) is 4.79 Å². The molecule has 232 valence electrons. The quantitative estimate of drug-likeness (QED) is 0.289. The summed E-state index contributed by atoms with van der Waals surface area (Å²) in [6.45, 7) is 11.5. The van der Waals surface area contributed by atoms with Crippen molar-refractivity contribution >= 4 is 11.6 Å². The van der Waals surface area contributed by atoms with E-state index in [-0.39, 0.29) is 23.8 Å². The van der Waals surface area contributed by atoms with Crippen molar-refractivity contribution in [2.75, 3.05) is 78.3 Å². The fourth-order valence-corrected chi connectivity index (χ4v) is 5.88. The molecule has 2 aromatic carbocycles. The Hall–Kier alpha value is -2.69. The number of hydrogen-bond donors (Lipinski definition) is 2. The zero-order valence-corrected chi connectivity index (χ0v) is 25.7. The maximum Gasteiger partial charge on any atom is 0.216 e. The molecule has 2 aliphatic heterocycles. The third-order valence-corrected chi connectivity index (χ3v) is 7.98. The molecule has 0 spiro atoms. The zero-order chi connectivity index (χ0) is 29.7. The van der Waals surface area contributed by atoms with Crippen molar-refractivity contribution in [2.45, 2.75) is 45.5 Å². The number of nitrogens with zero attached hydrogens (tertiary/aromatic N) is 1. The van der Waals surface area contributed by atoms with Crippen molar-refractivity contribution in [3.8, 4) is 5.75 Å². The van der Waals surface area contributed by atoms with Gasteiger partial charge < -0.3 is 39.2 Å². The molecule has 0 bridgehead atoms. The molecule has 9 nitrogen and oxygen atoms in total. The SMILES string of the molecule is COCCCN1CCOc2ccc(CO[C@H]3CNC[C@@H](CNC(C)=O)[C@@H]3c3ccc(COCC(C)COC)cc3)cc21. The molecule has 9 heteroatoms. The number of anilines is 1. The Balaban J connectivity index is 1.44. The minimum absolute atomic E-state index is 0.0154. The Morgan fingerprint density at radius 2 is 1.88 bits per heavy atom. The van der Waals surface area contributed by atoms with Gasteiger partial charge in [0.2, 0.25) is 5.91 Å². The molecule has 0 saturated carbocycles. The molecule has 0 aliphatic carbocycles. The van der Waals surface area contributed by atoms with Crippen LogP contribution in [0.25, 0.3) is 0 Å². The van der Waals surface area contributed by atoms with Gasteiger partial charge in [-0.05, 0) is 41.2 Å². The van der Waals surface area contributed by atoms with E-state index in [1.165, 1.54) is 5.56 Å². The lowest BCUT2D eigenvalue weighted by Gasteiger charge is -2.39. The van der Waals surface area contributed by atoms with Gasteiger partial charge in [-0.15, -0.1) is 0 Å². The Morgan fingerprint density at radius 3 is 2.64 bits per heavy atom. The van der Waals surface area contributed by atoms with Crippen LogP contribution in [-0.4, -0.2) is 85.4 Å². The van der Waals surface area contributed by atoms with Crippen LogP contribution in [0.3, 0.4) is 0 Å². The summed E-state index contributed by atoms with van der Waals surface area (Å²) >= 11 is 0. The van der Waals surface area contributed by atoms with Crippen molar-refractivity contribution in [1.29, 1.82) is 0 Å². The Bertz CT molecular complexity index is 1100. The Morgan fingerprint density at radius 1 is 1.07 bits per heavy atom. The molecular weight excluding hydrogens is 534 g/mol. The zero-order valence-electron chi connectivity index (χ0n) is 25.7. The van der Waals surface area contributed by atoms with Gasteiger partial charge in [-0.25, -0.2) is 0 Å². The smallest absolute Gasteiger partial charge is 0.216 e. The molecule has 4 atom stereocenters. The fraction of sp³-hybridized carbons (Fsp3) is 0.606. The first-order chi connectivity index (χ1) is 20.5. The number of ether oxygens (including phenoxy) is 5. The van der Waals surface area contributed by atoms with Crippen LogP contribution in [0, 0.1) is 11.8 Å². The Kier molecular flexibility index (Phi) is 12.9. The van der Waals surface area contributed by atoms with Crippen molar-refractivity contribution in [3.05, 3.63) is 59.2 Å². The summed E-state index contributed by atoms with van der Waals surface area (Å²) < 4.78 is 29.0. The highest BCUT2D eigenvalue weighted by molar-refractivity contribution is 5.72. The van der Waals surface area contributed by atoms with E-state index in [0.29, 0.717) is 45.5 Å². The summed E-state index contributed by atoms with van der Waals surface area (Å²) in [6.07, 6.45) is 0.930. The van der Waals surface area contributed by atoms with Gasteiger partial charge in [-0.3, -0.25) is 4.79 Å². The van der Waals surface area contributed by atoms with Gasteiger partial charge in [0.25, 0.3) is 0 Å². The maximum absolute atomic E-state index is 11.8. The number of fused-ring (bicyclic) bond motifs is 1. The average Bonchev–Trinajstić information content (AvgIpc) is 2.99.